The fourth-order valence-electron chi connectivity index (χ4n) is 1.77. The number of fused-ring (bicyclic) bond motifs is 1. The molecule has 14 heavy (non-hydrogen) atoms. The zero-order valence-electron chi connectivity index (χ0n) is 7.95. The normalized spacial score (nSPS) is 19.7. The molecule has 74 valence electrons. The molecule has 1 N–H and O–H groups in total. The Kier molecular flexibility index (Phi) is 2.55. The van der Waals surface area contributed by atoms with E-state index in [1.165, 1.54) is 0 Å². The molecule has 3 nitrogen and oxygen atoms in total. The van der Waals surface area contributed by atoms with Crippen LogP contribution >= 0.6 is 15.9 Å². The van der Waals surface area contributed by atoms with Crippen molar-refractivity contribution in [3.63, 3.8) is 0 Å². The first kappa shape index (κ1) is 10.0. The van der Waals surface area contributed by atoms with Gasteiger partial charge in [-0.2, -0.15) is 0 Å². The van der Waals surface area contributed by atoms with Gasteiger partial charge in [-0.05, 0) is 24.6 Å². The predicted molar refractivity (Wildman–Crippen MR) is 57.8 cm³/mol. The molecule has 1 aliphatic heterocycles. The standard InChI is InChI=1S/C9H10BBrO3/c1-5-8-6(11)3-4-7(13-2)9(8)10(12)14-5/h3-5,12H,1-2H3/t5-/m1/s1. The van der Waals surface area contributed by atoms with Gasteiger partial charge in [-0.15, -0.1) is 0 Å². The highest BCUT2D eigenvalue weighted by Crippen LogP contribution is 2.32. The zero-order chi connectivity index (χ0) is 10.3. The van der Waals surface area contributed by atoms with Gasteiger partial charge in [-0.25, -0.2) is 0 Å². The quantitative estimate of drug-likeness (QED) is 0.769. The van der Waals surface area contributed by atoms with E-state index in [1.807, 2.05) is 19.1 Å². The summed E-state index contributed by atoms with van der Waals surface area (Å²) in [5, 5.41) is 9.67. The Morgan fingerprint density at radius 3 is 2.93 bits per heavy atom. The Hall–Kier alpha value is -0.515. The second-order valence-electron chi connectivity index (χ2n) is 3.21. The van der Waals surface area contributed by atoms with E-state index in [0.717, 1.165) is 15.5 Å². The lowest BCUT2D eigenvalue weighted by Crippen LogP contribution is -2.29. The monoisotopic (exact) mass is 256 g/mol. The molecule has 0 saturated heterocycles. The van der Waals surface area contributed by atoms with Crippen molar-refractivity contribution in [2.24, 2.45) is 0 Å². The second kappa shape index (κ2) is 3.57. The zero-order valence-corrected chi connectivity index (χ0v) is 9.54. The number of rotatable bonds is 1. The average Bonchev–Trinajstić information content (AvgIpc) is 2.44. The number of halogens is 1. The number of benzene rings is 1. The van der Waals surface area contributed by atoms with Crippen LogP contribution < -0.4 is 10.2 Å². The van der Waals surface area contributed by atoms with Gasteiger partial charge in [0.1, 0.15) is 5.75 Å². The van der Waals surface area contributed by atoms with Crippen molar-refractivity contribution < 1.29 is 14.4 Å². The minimum absolute atomic E-state index is 0.107. The van der Waals surface area contributed by atoms with E-state index in [0.29, 0.717) is 5.75 Å². The van der Waals surface area contributed by atoms with Crippen LogP contribution in [0.5, 0.6) is 5.75 Å². The Balaban J connectivity index is 2.63. The lowest BCUT2D eigenvalue weighted by molar-refractivity contribution is 0.208. The summed E-state index contributed by atoms with van der Waals surface area (Å²) < 4.78 is 11.4. The molecule has 0 radical (unpaired) electrons. The highest BCUT2D eigenvalue weighted by molar-refractivity contribution is 9.10. The number of ether oxygens (including phenoxy) is 1. The van der Waals surface area contributed by atoms with E-state index in [9.17, 15) is 5.02 Å². The molecule has 0 fully saturated rings. The van der Waals surface area contributed by atoms with Crippen LogP contribution in [0.25, 0.3) is 0 Å². The molecule has 0 saturated carbocycles. The fourth-order valence-corrected chi connectivity index (χ4v) is 2.43. The molecule has 2 rings (SSSR count). The molecular weight excluding hydrogens is 247 g/mol. The van der Waals surface area contributed by atoms with Gasteiger partial charge in [0.05, 0.1) is 13.2 Å². The molecule has 1 aromatic carbocycles. The molecule has 0 bridgehead atoms. The van der Waals surface area contributed by atoms with Gasteiger partial charge in [0.25, 0.3) is 0 Å². The summed E-state index contributed by atoms with van der Waals surface area (Å²) in [5.74, 6) is 0.667. The molecule has 1 heterocycles. The summed E-state index contributed by atoms with van der Waals surface area (Å²) in [6.07, 6.45) is -0.107. The van der Waals surface area contributed by atoms with Crippen LogP contribution in [0.1, 0.15) is 18.6 Å². The summed E-state index contributed by atoms with van der Waals surface area (Å²) in [6.45, 7) is 1.90. The second-order valence-corrected chi connectivity index (χ2v) is 4.06. The van der Waals surface area contributed by atoms with Crippen LogP contribution in [0.3, 0.4) is 0 Å². The predicted octanol–water partition coefficient (Wildman–Crippen LogP) is 1.24. The summed E-state index contributed by atoms with van der Waals surface area (Å²) >= 11 is 3.43. The van der Waals surface area contributed by atoms with Crippen molar-refractivity contribution in [2.75, 3.05) is 7.11 Å². The van der Waals surface area contributed by atoms with Crippen molar-refractivity contribution in [1.29, 1.82) is 0 Å². The Morgan fingerprint density at radius 1 is 1.57 bits per heavy atom. The third-order valence-corrected chi connectivity index (χ3v) is 3.09. The minimum Gasteiger partial charge on any atom is -0.497 e. The summed E-state index contributed by atoms with van der Waals surface area (Å²) in [5.41, 5.74) is 1.70. The Labute approximate surface area is 91.3 Å². The van der Waals surface area contributed by atoms with Crippen molar-refractivity contribution in [2.45, 2.75) is 13.0 Å². The van der Waals surface area contributed by atoms with Crippen molar-refractivity contribution >= 4 is 28.5 Å². The van der Waals surface area contributed by atoms with Gasteiger partial charge in [0.15, 0.2) is 0 Å². The van der Waals surface area contributed by atoms with Crippen LogP contribution in [0.2, 0.25) is 0 Å². The molecule has 1 aliphatic rings. The van der Waals surface area contributed by atoms with Crippen LogP contribution in [0.15, 0.2) is 16.6 Å². The number of methoxy groups -OCH3 is 1. The number of hydrogen-bond donors (Lipinski definition) is 1. The minimum atomic E-state index is -0.882. The van der Waals surface area contributed by atoms with Gasteiger partial charge in [0.2, 0.25) is 0 Å². The maximum atomic E-state index is 9.67. The SMILES string of the molecule is COc1ccc(Br)c2c1B(O)O[C@@H]2C. The lowest BCUT2D eigenvalue weighted by atomic mass is 9.78. The highest BCUT2D eigenvalue weighted by Gasteiger charge is 2.37. The van der Waals surface area contributed by atoms with Gasteiger partial charge in [-0.1, -0.05) is 15.9 Å². The maximum Gasteiger partial charge on any atom is 0.495 e. The van der Waals surface area contributed by atoms with Crippen molar-refractivity contribution in [1.82, 2.24) is 0 Å². The molecule has 0 spiro atoms. The lowest BCUT2D eigenvalue weighted by Gasteiger charge is -2.09. The Bertz CT molecular complexity index is 369. The van der Waals surface area contributed by atoms with E-state index in [-0.39, 0.29) is 6.10 Å². The molecular formula is C9H10BBrO3. The van der Waals surface area contributed by atoms with Gasteiger partial charge in [-0.3, -0.25) is 0 Å². The Morgan fingerprint density at radius 2 is 2.29 bits per heavy atom. The summed E-state index contributed by atoms with van der Waals surface area (Å²) in [7, 11) is 0.701. The van der Waals surface area contributed by atoms with Crippen molar-refractivity contribution in [3.8, 4) is 5.75 Å². The maximum absolute atomic E-state index is 9.67. The van der Waals surface area contributed by atoms with Crippen molar-refractivity contribution in [3.05, 3.63) is 22.2 Å². The largest absolute Gasteiger partial charge is 0.497 e. The average molecular weight is 257 g/mol. The number of hydrogen-bond acceptors (Lipinski definition) is 3. The first-order valence-corrected chi connectivity index (χ1v) is 5.14. The summed E-state index contributed by atoms with van der Waals surface area (Å²) in [6, 6.07) is 3.71. The highest BCUT2D eigenvalue weighted by atomic mass is 79.9. The topological polar surface area (TPSA) is 38.7 Å². The van der Waals surface area contributed by atoms with Gasteiger partial charge < -0.3 is 14.4 Å². The van der Waals surface area contributed by atoms with Gasteiger partial charge in [0, 0.05) is 9.94 Å². The summed E-state index contributed by atoms with van der Waals surface area (Å²) in [4.78, 5) is 0. The molecule has 0 aliphatic carbocycles. The van der Waals surface area contributed by atoms with Crippen LogP contribution in [0, 0.1) is 0 Å². The smallest absolute Gasteiger partial charge is 0.495 e. The van der Waals surface area contributed by atoms with E-state index in [1.54, 1.807) is 7.11 Å². The van der Waals surface area contributed by atoms with E-state index in [4.69, 9.17) is 9.39 Å². The van der Waals surface area contributed by atoms with Crippen LogP contribution in [-0.4, -0.2) is 19.3 Å². The first-order chi connectivity index (χ1) is 6.65. The first-order valence-electron chi connectivity index (χ1n) is 4.35. The molecule has 1 aromatic rings. The third kappa shape index (κ3) is 1.36. The van der Waals surface area contributed by atoms with Crippen LogP contribution in [-0.2, 0) is 4.65 Å². The van der Waals surface area contributed by atoms with E-state index >= 15 is 0 Å². The molecule has 1 atom stereocenters. The van der Waals surface area contributed by atoms with E-state index < -0.39 is 7.12 Å². The molecule has 5 heteroatoms. The van der Waals surface area contributed by atoms with E-state index in [2.05, 4.69) is 15.9 Å². The van der Waals surface area contributed by atoms with Gasteiger partial charge >= 0.3 is 7.12 Å². The third-order valence-electron chi connectivity index (χ3n) is 2.40. The fraction of sp³-hybridized carbons (Fsp3) is 0.333. The molecule has 0 unspecified atom stereocenters. The van der Waals surface area contributed by atoms with Crippen LogP contribution in [0.4, 0.5) is 0 Å². The molecule has 0 aromatic heterocycles. The molecule has 0 amide bonds.